The monoisotopic (exact) mass is 394 g/mol. The van der Waals surface area contributed by atoms with E-state index in [4.69, 9.17) is 33.2 Å². The van der Waals surface area contributed by atoms with E-state index < -0.39 is 0 Å². The summed E-state index contributed by atoms with van der Waals surface area (Å²) in [5.74, 6) is 1.12. The Balaban J connectivity index is 2.99. The zero-order valence-electron chi connectivity index (χ0n) is 17.9. The smallest absolute Gasteiger partial charge is 0.0701 e. The van der Waals surface area contributed by atoms with Crippen molar-refractivity contribution in [3.05, 3.63) is 0 Å². The molecule has 0 amide bonds. The second-order valence-corrected chi connectivity index (χ2v) is 7.00. The van der Waals surface area contributed by atoms with Crippen LogP contribution in [-0.4, -0.2) is 92.5 Å². The van der Waals surface area contributed by atoms with Crippen LogP contribution in [0.4, 0.5) is 0 Å². The summed E-state index contributed by atoms with van der Waals surface area (Å²) in [4.78, 5) is 0. The van der Waals surface area contributed by atoms with Crippen LogP contribution in [0.25, 0.3) is 0 Å². The molecule has 0 aromatic heterocycles. The highest BCUT2D eigenvalue weighted by molar-refractivity contribution is 4.41. The molecule has 0 unspecified atom stereocenters. The van der Waals surface area contributed by atoms with Gasteiger partial charge in [0.05, 0.1) is 79.3 Å². The molecule has 0 radical (unpaired) electrons. The lowest BCUT2D eigenvalue weighted by Gasteiger charge is -2.09. The Labute approximate surface area is 165 Å². The molecule has 0 aromatic rings. The van der Waals surface area contributed by atoms with Crippen LogP contribution in [0.1, 0.15) is 27.7 Å². The largest absolute Gasteiger partial charge is 0.379 e. The maximum atomic E-state index is 5.43. The summed E-state index contributed by atoms with van der Waals surface area (Å²) in [5, 5.41) is 0. The highest BCUT2D eigenvalue weighted by Gasteiger charge is 1.96. The van der Waals surface area contributed by atoms with Crippen LogP contribution in [0.5, 0.6) is 0 Å². The van der Waals surface area contributed by atoms with Crippen LogP contribution in [0.15, 0.2) is 0 Å². The fourth-order valence-electron chi connectivity index (χ4n) is 1.86. The Morgan fingerprint density at radius 2 is 0.519 bits per heavy atom. The highest BCUT2D eigenvalue weighted by Crippen LogP contribution is 1.92. The van der Waals surface area contributed by atoms with Gasteiger partial charge in [0.2, 0.25) is 0 Å². The van der Waals surface area contributed by atoms with E-state index in [0.29, 0.717) is 91.1 Å². The lowest BCUT2D eigenvalue weighted by Crippen LogP contribution is -2.15. The molecule has 0 rings (SSSR count). The predicted molar refractivity (Wildman–Crippen MR) is 105 cm³/mol. The molecule has 0 N–H and O–H groups in total. The molecule has 0 aliphatic carbocycles. The van der Waals surface area contributed by atoms with Gasteiger partial charge in [-0.1, -0.05) is 27.7 Å². The van der Waals surface area contributed by atoms with Gasteiger partial charge in [0.1, 0.15) is 0 Å². The molecule has 27 heavy (non-hydrogen) atoms. The first kappa shape index (κ1) is 26.7. The van der Waals surface area contributed by atoms with Gasteiger partial charge in [-0.2, -0.15) is 0 Å². The SMILES string of the molecule is CC(C)COCCOCCOCCOCCOCCOCCOCC(C)C. The van der Waals surface area contributed by atoms with Gasteiger partial charge in [-0.05, 0) is 11.8 Å². The van der Waals surface area contributed by atoms with Crippen molar-refractivity contribution in [1.82, 2.24) is 0 Å². The summed E-state index contributed by atoms with van der Waals surface area (Å²) in [5.41, 5.74) is 0. The summed E-state index contributed by atoms with van der Waals surface area (Å²) in [6.07, 6.45) is 0. The van der Waals surface area contributed by atoms with Crippen LogP contribution in [0.3, 0.4) is 0 Å². The molecule has 0 bridgehead atoms. The highest BCUT2D eigenvalue weighted by atomic mass is 16.6. The van der Waals surface area contributed by atoms with E-state index in [-0.39, 0.29) is 0 Å². The van der Waals surface area contributed by atoms with Gasteiger partial charge in [0, 0.05) is 13.2 Å². The third-order valence-corrected chi connectivity index (χ3v) is 3.13. The van der Waals surface area contributed by atoms with Crippen LogP contribution < -0.4 is 0 Å². The van der Waals surface area contributed by atoms with Gasteiger partial charge in [-0.25, -0.2) is 0 Å². The van der Waals surface area contributed by atoms with Crippen LogP contribution >= 0.6 is 0 Å². The zero-order valence-corrected chi connectivity index (χ0v) is 17.9. The zero-order chi connectivity index (χ0) is 20.0. The maximum Gasteiger partial charge on any atom is 0.0701 e. The van der Waals surface area contributed by atoms with Crippen LogP contribution in [-0.2, 0) is 33.2 Å². The number of rotatable bonds is 22. The molecule has 0 saturated carbocycles. The molecule has 0 atom stereocenters. The van der Waals surface area contributed by atoms with Crippen molar-refractivity contribution in [2.75, 3.05) is 92.5 Å². The van der Waals surface area contributed by atoms with Crippen LogP contribution in [0, 0.1) is 11.8 Å². The number of hydrogen-bond acceptors (Lipinski definition) is 7. The summed E-state index contributed by atoms with van der Waals surface area (Å²) in [7, 11) is 0. The Kier molecular flexibility index (Phi) is 21.8. The minimum absolute atomic E-state index is 0.560. The van der Waals surface area contributed by atoms with Gasteiger partial charge in [-0.3, -0.25) is 0 Å². The molecule has 0 saturated heterocycles. The van der Waals surface area contributed by atoms with E-state index in [1.54, 1.807) is 0 Å². The minimum Gasteiger partial charge on any atom is -0.379 e. The Morgan fingerprint density at radius 3 is 0.704 bits per heavy atom. The van der Waals surface area contributed by atoms with Crippen molar-refractivity contribution in [1.29, 1.82) is 0 Å². The number of hydrogen-bond donors (Lipinski definition) is 0. The van der Waals surface area contributed by atoms with E-state index in [1.165, 1.54) is 0 Å². The first-order chi connectivity index (χ1) is 13.1. The minimum atomic E-state index is 0.560. The Morgan fingerprint density at radius 1 is 0.333 bits per heavy atom. The third kappa shape index (κ3) is 25.7. The molecule has 0 aliphatic rings. The molecule has 7 nitrogen and oxygen atoms in total. The van der Waals surface area contributed by atoms with Crippen molar-refractivity contribution < 1.29 is 33.2 Å². The maximum absolute atomic E-state index is 5.43. The molecule has 0 aromatic carbocycles. The van der Waals surface area contributed by atoms with Gasteiger partial charge >= 0.3 is 0 Å². The average molecular weight is 395 g/mol. The van der Waals surface area contributed by atoms with Crippen molar-refractivity contribution in [3.63, 3.8) is 0 Å². The molecule has 0 aliphatic heterocycles. The third-order valence-electron chi connectivity index (χ3n) is 3.13. The summed E-state index contributed by atoms with van der Waals surface area (Å²) < 4.78 is 37.9. The molecule has 0 heterocycles. The van der Waals surface area contributed by atoms with Gasteiger partial charge < -0.3 is 33.2 Å². The van der Waals surface area contributed by atoms with Crippen molar-refractivity contribution >= 4 is 0 Å². The van der Waals surface area contributed by atoms with E-state index in [9.17, 15) is 0 Å². The van der Waals surface area contributed by atoms with E-state index in [0.717, 1.165) is 13.2 Å². The standard InChI is InChI=1S/C20H42O7/c1-19(2)17-26-15-13-24-11-9-22-7-5-21-6-8-23-10-12-25-14-16-27-18-20(3)4/h19-20H,5-18H2,1-4H3. The van der Waals surface area contributed by atoms with Gasteiger partial charge in [0.25, 0.3) is 0 Å². The predicted octanol–water partition coefficient (Wildman–Crippen LogP) is 2.41. The molecular weight excluding hydrogens is 352 g/mol. The normalized spacial score (nSPS) is 11.8. The summed E-state index contributed by atoms with van der Waals surface area (Å²) in [6.45, 7) is 17.1. The average Bonchev–Trinajstić information content (AvgIpc) is 2.62. The Hall–Kier alpha value is -0.280. The molecule has 164 valence electrons. The molecule has 0 fully saturated rings. The first-order valence-electron chi connectivity index (χ1n) is 10.2. The summed E-state index contributed by atoms with van der Waals surface area (Å²) >= 11 is 0. The van der Waals surface area contributed by atoms with Crippen LogP contribution in [0.2, 0.25) is 0 Å². The molecular formula is C20H42O7. The van der Waals surface area contributed by atoms with E-state index in [2.05, 4.69) is 27.7 Å². The van der Waals surface area contributed by atoms with E-state index in [1.807, 2.05) is 0 Å². The van der Waals surface area contributed by atoms with E-state index >= 15 is 0 Å². The topological polar surface area (TPSA) is 64.6 Å². The van der Waals surface area contributed by atoms with Crippen molar-refractivity contribution in [2.24, 2.45) is 11.8 Å². The molecule has 0 spiro atoms. The summed E-state index contributed by atoms with van der Waals surface area (Å²) in [6, 6.07) is 0. The Bertz CT molecular complexity index is 249. The van der Waals surface area contributed by atoms with Gasteiger partial charge in [0.15, 0.2) is 0 Å². The lowest BCUT2D eigenvalue weighted by molar-refractivity contribution is -0.0219. The lowest BCUT2D eigenvalue weighted by atomic mass is 10.2. The fourth-order valence-corrected chi connectivity index (χ4v) is 1.86. The van der Waals surface area contributed by atoms with Crippen molar-refractivity contribution in [2.45, 2.75) is 27.7 Å². The number of ether oxygens (including phenoxy) is 7. The second kappa shape index (κ2) is 22.0. The van der Waals surface area contributed by atoms with Gasteiger partial charge in [-0.15, -0.1) is 0 Å². The quantitative estimate of drug-likeness (QED) is 0.261. The van der Waals surface area contributed by atoms with Crippen molar-refractivity contribution in [3.8, 4) is 0 Å². The second-order valence-electron chi connectivity index (χ2n) is 7.00. The molecule has 7 heteroatoms. The fraction of sp³-hybridized carbons (Fsp3) is 1.00. The first-order valence-corrected chi connectivity index (χ1v) is 10.2.